The molecule has 1 fully saturated rings. The fourth-order valence-electron chi connectivity index (χ4n) is 3.52. The molecule has 2 aromatic rings. The van der Waals surface area contributed by atoms with Gasteiger partial charge in [-0.25, -0.2) is 0 Å². The maximum absolute atomic E-state index is 13.3. The Morgan fingerprint density at radius 3 is 2.57 bits per heavy atom. The van der Waals surface area contributed by atoms with E-state index < -0.39 is 23.7 Å². The zero-order valence-electron chi connectivity index (χ0n) is 16.5. The fourth-order valence-corrected chi connectivity index (χ4v) is 4.40. The predicted molar refractivity (Wildman–Crippen MR) is 108 cm³/mol. The first-order valence-corrected chi connectivity index (χ1v) is 9.95. The third-order valence-electron chi connectivity index (χ3n) is 4.99. The molecule has 1 aromatic heterocycles. The van der Waals surface area contributed by atoms with E-state index in [0.29, 0.717) is 24.4 Å². The largest absolute Gasteiger partial charge is 0.496 e. The Morgan fingerprint density at radius 2 is 2.00 bits per heavy atom. The van der Waals surface area contributed by atoms with Crippen molar-refractivity contribution in [3.05, 3.63) is 51.7 Å². The summed E-state index contributed by atoms with van der Waals surface area (Å²) in [5.74, 6) is -1.89. The molecule has 0 bridgehead atoms. The van der Waals surface area contributed by atoms with Crippen molar-refractivity contribution in [1.82, 2.24) is 9.80 Å². The number of hydrogen-bond donors (Lipinski definition) is 0. The van der Waals surface area contributed by atoms with Crippen molar-refractivity contribution >= 4 is 28.8 Å². The van der Waals surface area contributed by atoms with E-state index in [1.807, 2.05) is 43.4 Å². The Balaban J connectivity index is 1.99. The summed E-state index contributed by atoms with van der Waals surface area (Å²) in [6, 6.07) is 8.27. The number of rotatable bonds is 7. The molecule has 28 heavy (non-hydrogen) atoms. The maximum Gasteiger partial charge on any atom is 0.291 e. The Morgan fingerprint density at radius 1 is 1.25 bits per heavy atom. The first kappa shape index (κ1) is 20.2. The minimum atomic E-state index is -1.03. The number of ether oxygens (including phenoxy) is 1. The molecule has 2 heterocycles. The number of carbonyl (C=O) groups is 3. The van der Waals surface area contributed by atoms with E-state index in [9.17, 15) is 14.4 Å². The van der Waals surface area contributed by atoms with Crippen LogP contribution >= 0.6 is 11.3 Å². The Labute approximate surface area is 168 Å². The monoisotopic (exact) mass is 400 g/mol. The highest BCUT2D eigenvalue weighted by Crippen LogP contribution is 2.40. The third kappa shape index (κ3) is 3.72. The molecular formula is C21H24N2O4S. The second kappa shape index (κ2) is 8.24. The summed E-state index contributed by atoms with van der Waals surface area (Å²) in [7, 11) is 5.38. The van der Waals surface area contributed by atoms with Crippen molar-refractivity contribution < 1.29 is 19.1 Å². The molecule has 0 spiro atoms. The van der Waals surface area contributed by atoms with Gasteiger partial charge in [0.1, 0.15) is 11.7 Å². The van der Waals surface area contributed by atoms with Crippen molar-refractivity contribution in [3.63, 3.8) is 0 Å². The van der Waals surface area contributed by atoms with Crippen molar-refractivity contribution in [2.24, 2.45) is 5.92 Å². The number of ketones is 2. The molecule has 0 aliphatic carbocycles. The highest BCUT2D eigenvalue weighted by Gasteiger charge is 2.51. The van der Waals surface area contributed by atoms with Gasteiger partial charge in [-0.2, -0.15) is 0 Å². The Kier molecular flexibility index (Phi) is 5.96. The Bertz CT molecular complexity index is 892. The summed E-state index contributed by atoms with van der Waals surface area (Å²) in [6.45, 7) is 2.85. The van der Waals surface area contributed by atoms with Crippen LogP contribution in [-0.4, -0.2) is 61.6 Å². The van der Waals surface area contributed by atoms with Crippen LogP contribution in [0.2, 0.25) is 0 Å². The quantitative estimate of drug-likeness (QED) is 0.406. The maximum atomic E-state index is 13.3. The van der Waals surface area contributed by atoms with Gasteiger partial charge in [0.25, 0.3) is 5.91 Å². The van der Waals surface area contributed by atoms with Gasteiger partial charge in [0.15, 0.2) is 5.78 Å². The number of methoxy groups -OCH3 is 1. The van der Waals surface area contributed by atoms with Crippen LogP contribution in [0.15, 0.2) is 35.7 Å². The SMILES string of the molecule is COc1ccc(C(=O)C2C(=O)C(=O)N(CCN(C)C)C2c2cccs2)cc1C. The Hall–Kier alpha value is -2.51. The molecule has 0 radical (unpaired) electrons. The summed E-state index contributed by atoms with van der Waals surface area (Å²) >= 11 is 1.46. The molecule has 0 saturated carbocycles. The molecule has 2 unspecified atom stereocenters. The predicted octanol–water partition coefficient (Wildman–Crippen LogP) is 2.58. The van der Waals surface area contributed by atoms with Crippen molar-refractivity contribution in [2.75, 3.05) is 34.3 Å². The fraction of sp³-hybridized carbons (Fsp3) is 0.381. The van der Waals surface area contributed by atoms with Gasteiger partial charge in [-0.1, -0.05) is 6.07 Å². The first-order valence-electron chi connectivity index (χ1n) is 9.07. The molecule has 148 valence electrons. The lowest BCUT2D eigenvalue weighted by atomic mass is 9.88. The zero-order chi connectivity index (χ0) is 20.4. The topological polar surface area (TPSA) is 66.9 Å². The number of carbonyl (C=O) groups excluding carboxylic acids is 3. The van der Waals surface area contributed by atoms with Crippen LogP contribution in [0.1, 0.15) is 26.8 Å². The van der Waals surface area contributed by atoms with Crippen LogP contribution in [-0.2, 0) is 9.59 Å². The lowest BCUT2D eigenvalue weighted by molar-refractivity contribution is -0.140. The lowest BCUT2D eigenvalue weighted by Crippen LogP contribution is -2.36. The summed E-state index contributed by atoms with van der Waals surface area (Å²) in [5.41, 5.74) is 1.22. The van der Waals surface area contributed by atoms with Crippen LogP contribution in [0.25, 0.3) is 0 Å². The van der Waals surface area contributed by atoms with Gasteiger partial charge in [0, 0.05) is 23.5 Å². The number of nitrogens with zero attached hydrogens (tertiary/aromatic N) is 2. The van der Waals surface area contributed by atoms with Gasteiger partial charge in [-0.05, 0) is 56.2 Å². The highest BCUT2D eigenvalue weighted by atomic mass is 32.1. The van der Waals surface area contributed by atoms with E-state index in [-0.39, 0.29) is 5.78 Å². The van der Waals surface area contributed by atoms with Crippen molar-refractivity contribution in [2.45, 2.75) is 13.0 Å². The van der Waals surface area contributed by atoms with Crippen LogP contribution in [0, 0.1) is 12.8 Å². The summed E-state index contributed by atoms with van der Waals surface area (Å²) in [5, 5.41) is 1.89. The average Bonchev–Trinajstić information content (AvgIpc) is 3.27. The van der Waals surface area contributed by atoms with Gasteiger partial charge in [0.05, 0.1) is 13.2 Å². The van der Waals surface area contributed by atoms with Gasteiger partial charge in [0.2, 0.25) is 5.78 Å². The number of Topliss-reactive ketones (excluding diaryl/α,β-unsaturated/α-hetero) is 2. The smallest absolute Gasteiger partial charge is 0.291 e. The van der Waals surface area contributed by atoms with Crippen LogP contribution < -0.4 is 4.74 Å². The summed E-state index contributed by atoms with van der Waals surface area (Å²) in [4.78, 5) is 43.2. The molecule has 7 heteroatoms. The average molecular weight is 401 g/mol. The number of thiophene rings is 1. The van der Waals surface area contributed by atoms with Gasteiger partial charge < -0.3 is 14.5 Å². The van der Waals surface area contributed by atoms with E-state index in [1.54, 1.807) is 30.2 Å². The molecule has 1 amide bonds. The molecule has 1 aromatic carbocycles. The molecular weight excluding hydrogens is 376 g/mol. The zero-order valence-corrected chi connectivity index (χ0v) is 17.3. The first-order chi connectivity index (χ1) is 13.3. The normalized spacial score (nSPS) is 19.5. The molecule has 1 saturated heterocycles. The minimum absolute atomic E-state index is 0.324. The number of benzene rings is 1. The second-order valence-electron chi connectivity index (χ2n) is 7.15. The standard InChI is InChI=1S/C21H24N2O4S/c1-13-12-14(7-8-15(13)27-4)19(24)17-18(16-6-5-11-28-16)23(10-9-22(2)3)21(26)20(17)25/h5-8,11-12,17-18H,9-10H2,1-4H3. The molecule has 1 aliphatic heterocycles. The minimum Gasteiger partial charge on any atom is -0.496 e. The molecule has 2 atom stereocenters. The lowest BCUT2D eigenvalue weighted by Gasteiger charge is -2.27. The molecule has 0 N–H and O–H groups in total. The van der Waals surface area contributed by atoms with Crippen molar-refractivity contribution in [1.29, 1.82) is 0 Å². The number of amides is 1. The second-order valence-corrected chi connectivity index (χ2v) is 8.13. The van der Waals surface area contributed by atoms with E-state index in [2.05, 4.69) is 0 Å². The van der Waals surface area contributed by atoms with Gasteiger partial charge in [-0.15, -0.1) is 11.3 Å². The van der Waals surface area contributed by atoms with Gasteiger partial charge in [-0.3, -0.25) is 14.4 Å². The van der Waals surface area contributed by atoms with E-state index >= 15 is 0 Å². The number of likely N-dealkylation sites (tertiary alicyclic amines) is 1. The number of hydrogen-bond acceptors (Lipinski definition) is 6. The highest BCUT2D eigenvalue weighted by molar-refractivity contribution is 7.10. The van der Waals surface area contributed by atoms with Crippen LogP contribution in [0.5, 0.6) is 5.75 Å². The number of likely N-dealkylation sites (N-methyl/N-ethyl adjacent to an activating group) is 1. The van der Waals surface area contributed by atoms with Crippen LogP contribution in [0.3, 0.4) is 0 Å². The molecule has 6 nitrogen and oxygen atoms in total. The summed E-state index contributed by atoms with van der Waals surface area (Å²) < 4.78 is 5.25. The number of aryl methyl sites for hydroxylation is 1. The molecule has 3 rings (SSSR count). The van der Waals surface area contributed by atoms with E-state index in [1.165, 1.54) is 11.3 Å². The summed E-state index contributed by atoms with van der Waals surface area (Å²) in [6.07, 6.45) is 0. The van der Waals surface area contributed by atoms with Crippen LogP contribution in [0.4, 0.5) is 0 Å². The molecule has 1 aliphatic rings. The van der Waals surface area contributed by atoms with Gasteiger partial charge >= 0.3 is 0 Å². The third-order valence-corrected chi connectivity index (χ3v) is 5.93. The van der Waals surface area contributed by atoms with E-state index in [4.69, 9.17) is 4.74 Å². The van der Waals surface area contributed by atoms with E-state index in [0.717, 1.165) is 10.4 Å². The van der Waals surface area contributed by atoms with Crippen molar-refractivity contribution in [3.8, 4) is 5.75 Å².